The third-order valence-electron chi connectivity index (χ3n) is 4.91. The molecule has 1 aliphatic heterocycles. The van der Waals surface area contributed by atoms with Crippen LogP contribution in [0.15, 0.2) is 29.6 Å². The summed E-state index contributed by atoms with van der Waals surface area (Å²) in [7, 11) is 0. The molecule has 8 nitrogen and oxygen atoms in total. The van der Waals surface area contributed by atoms with Crippen LogP contribution in [0, 0.1) is 5.92 Å². The first-order chi connectivity index (χ1) is 14.8. The highest BCUT2D eigenvalue weighted by atomic mass is 32.1. The van der Waals surface area contributed by atoms with Crippen molar-refractivity contribution in [3.8, 4) is 0 Å². The molecular formula is C22H28N4O4S. The van der Waals surface area contributed by atoms with Crippen LogP contribution in [-0.4, -0.2) is 60.5 Å². The third kappa shape index (κ3) is 6.52. The Hall–Kier alpha value is -2.94. The van der Waals surface area contributed by atoms with Gasteiger partial charge in [-0.05, 0) is 37.1 Å². The Labute approximate surface area is 186 Å². The number of nitrogens with zero attached hydrogens (tertiary/aromatic N) is 3. The molecule has 1 aromatic carbocycles. The SMILES string of the molecule is CC(=O)c1ccc(N2CCN(C(=O)Cc3csc(NC(=O)OCC(C)C)n3)CC2)cc1. The predicted octanol–water partition coefficient (Wildman–Crippen LogP) is 3.44. The van der Waals surface area contributed by atoms with Crippen molar-refractivity contribution in [1.29, 1.82) is 0 Å². The fraction of sp³-hybridized carbons (Fsp3) is 0.455. The van der Waals surface area contributed by atoms with Crippen LogP contribution in [0.25, 0.3) is 0 Å². The predicted molar refractivity (Wildman–Crippen MR) is 121 cm³/mol. The smallest absolute Gasteiger partial charge is 0.413 e. The molecule has 1 saturated heterocycles. The van der Waals surface area contributed by atoms with Gasteiger partial charge >= 0.3 is 6.09 Å². The number of thiazole rings is 1. The lowest BCUT2D eigenvalue weighted by Crippen LogP contribution is -2.49. The minimum absolute atomic E-state index is 0.0193. The summed E-state index contributed by atoms with van der Waals surface area (Å²) < 4.78 is 5.08. The highest BCUT2D eigenvalue weighted by Crippen LogP contribution is 2.20. The number of anilines is 2. The zero-order chi connectivity index (χ0) is 22.4. The van der Waals surface area contributed by atoms with E-state index in [1.165, 1.54) is 11.3 Å². The van der Waals surface area contributed by atoms with E-state index in [4.69, 9.17) is 4.74 Å². The first-order valence-electron chi connectivity index (χ1n) is 10.3. The highest BCUT2D eigenvalue weighted by Gasteiger charge is 2.22. The van der Waals surface area contributed by atoms with Crippen LogP contribution in [0.3, 0.4) is 0 Å². The van der Waals surface area contributed by atoms with E-state index in [1.807, 2.05) is 43.0 Å². The number of benzene rings is 1. The molecule has 166 valence electrons. The number of Topliss-reactive ketones (excluding diaryl/α,β-unsaturated/α-hetero) is 1. The van der Waals surface area contributed by atoms with Crippen LogP contribution < -0.4 is 10.2 Å². The van der Waals surface area contributed by atoms with Crippen molar-refractivity contribution in [2.75, 3.05) is 43.0 Å². The van der Waals surface area contributed by atoms with E-state index in [9.17, 15) is 14.4 Å². The second-order valence-corrected chi connectivity index (χ2v) is 8.77. The van der Waals surface area contributed by atoms with E-state index in [-0.39, 0.29) is 24.0 Å². The monoisotopic (exact) mass is 444 g/mol. The average Bonchev–Trinajstić information content (AvgIpc) is 3.19. The minimum Gasteiger partial charge on any atom is -0.449 e. The molecular weight excluding hydrogens is 416 g/mol. The van der Waals surface area contributed by atoms with Crippen molar-refractivity contribution >= 4 is 39.9 Å². The maximum Gasteiger partial charge on any atom is 0.413 e. The van der Waals surface area contributed by atoms with Crippen molar-refractivity contribution in [2.24, 2.45) is 5.92 Å². The van der Waals surface area contributed by atoms with Crippen LogP contribution in [0.1, 0.15) is 36.8 Å². The molecule has 2 heterocycles. The molecule has 0 aliphatic carbocycles. The molecule has 0 spiro atoms. The summed E-state index contributed by atoms with van der Waals surface area (Å²) in [5.74, 6) is 0.330. The van der Waals surface area contributed by atoms with Gasteiger partial charge in [0, 0.05) is 42.8 Å². The summed E-state index contributed by atoms with van der Waals surface area (Å²) in [6, 6.07) is 7.57. The molecule has 1 aromatic heterocycles. The molecule has 2 aromatic rings. The summed E-state index contributed by atoms with van der Waals surface area (Å²) >= 11 is 1.28. The number of nitrogens with one attached hydrogen (secondary N) is 1. The largest absolute Gasteiger partial charge is 0.449 e. The Morgan fingerprint density at radius 2 is 1.81 bits per heavy atom. The van der Waals surface area contributed by atoms with E-state index in [0.29, 0.717) is 36.1 Å². The number of ketones is 1. The van der Waals surface area contributed by atoms with Crippen molar-refractivity contribution in [3.63, 3.8) is 0 Å². The van der Waals surface area contributed by atoms with Gasteiger partial charge in [0.15, 0.2) is 10.9 Å². The molecule has 2 amide bonds. The molecule has 1 fully saturated rings. The number of rotatable bonds is 7. The van der Waals surface area contributed by atoms with Gasteiger partial charge < -0.3 is 14.5 Å². The fourth-order valence-electron chi connectivity index (χ4n) is 3.20. The van der Waals surface area contributed by atoms with Crippen LogP contribution in [0.5, 0.6) is 0 Å². The molecule has 1 aliphatic rings. The molecule has 31 heavy (non-hydrogen) atoms. The maximum absolute atomic E-state index is 12.7. The van der Waals surface area contributed by atoms with Gasteiger partial charge in [0.25, 0.3) is 0 Å². The quantitative estimate of drug-likeness (QED) is 0.658. The second kappa shape index (κ2) is 10.4. The Balaban J connectivity index is 1.46. The molecule has 0 atom stereocenters. The molecule has 9 heteroatoms. The number of carbonyl (C=O) groups excluding carboxylic acids is 3. The lowest BCUT2D eigenvalue weighted by Gasteiger charge is -2.36. The van der Waals surface area contributed by atoms with Crippen molar-refractivity contribution in [3.05, 3.63) is 40.9 Å². The average molecular weight is 445 g/mol. The Morgan fingerprint density at radius 3 is 2.42 bits per heavy atom. The summed E-state index contributed by atoms with van der Waals surface area (Å²) in [6.07, 6.45) is -0.333. The van der Waals surface area contributed by atoms with Gasteiger partial charge in [0.1, 0.15) is 0 Å². The van der Waals surface area contributed by atoms with E-state index >= 15 is 0 Å². The van der Waals surface area contributed by atoms with Crippen LogP contribution >= 0.6 is 11.3 Å². The number of ether oxygens (including phenoxy) is 1. The Bertz CT molecular complexity index is 918. The summed E-state index contributed by atoms with van der Waals surface area (Å²) in [5.41, 5.74) is 2.39. The zero-order valence-corrected chi connectivity index (χ0v) is 18.9. The first kappa shape index (κ1) is 22.7. The fourth-order valence-corrected chi connectivity index (χ4v) is 3.90. The number of amides is 2. The van der Waals surface area contributed by atoms with Gasteiger partial charge in [-0.15, -0.1) is 11.3 Å². The van der Waals surface area contributed by atoms with Gasteiger partial charge in [0.05, 0.1) is 18.7 Å². The molecule has 0 radical (unpaired) electrons. The van der Waals surface area contributed by atoms with Crippen LogP contribution in [0.4, 0.5) is 15.6 Å². The van der Waals surface area contributed by atoms with E-state index < -0.39 is 6.09 Å². The normalized spacial score (nSPS) is 13.9. The van der Waals surface area contributed by atoms with E-state index in [1.54, 1.807) is 12.3 Å². The van der Waals surface area contributed by atoms with Crippen LogP contribution in [0.2, 0.25) is 0 Å². The molecule has 3 rings (SSSR count). The Morgan fingerprint density at radius 1 is 1.13 bits per heavy atom. The minimum atomic E-state index is -0.534. The summed E-state index contributed by atoms with van der Waals surface area (Å²) in [4.78, 5) is 44.2. The standard InChI is InChI=1S/C22H28N4O4S/c1-15(2)13-30-22(29)24-21-23-18(14-31-21)12-20(28)26-10-8-25(9-11-26)19-6-4-17(5-7-19)16(3)27/h4-7,14-15H,8-13H2,1-3H3,(H,23,24,29). The Kier molecular flexibility index (Phi) is 7.62. The van der Waals surface area contributed by atoms with Gasteiger partial charge in [0.2, 0.25) is 5.91 Å². The molecule has 0 unspecified atom stereocenters. The number of carbonyl (C=O) groups is 3. The van der Waals surface area contributed by atoms with Gasteiger partial charge in [-0.2, -0.15) is 0 Å². The third-order valence-corrected chi connectivity index (χ3v) is 5.72. The topological polar surface area (TPSA) is 91.8 Å². The molecule has 0 saturated carbocycles. The number of hydrogen-bond donors (Lipinski definition) is 1. The van der Waals surface area contributed by atoms with E-state index in [2.05, 4.69) is 15.2 Å². The van der Waals surface area contributed by atoms with Gasteiger partial charge in [-0.3, -0.25) is 14.9 Å². The lowest BCUT2D eigenvalue weighted by molar-refractivity contribution is -0.130. The highest BCUT2D eigenvalue weighted by molar-refractivity contribution is 7.13. The molecule has 1 N–H and O–H groups in total. The summed E-state index contributed by atoms with van der Waals surface area (Å²) in [6.45, 7) is 8.55. The van der Waals surface area contributed by atoms with Crippen LogP contribution in [-0.2, 0) is 16.0 Å². The lowest BCUT2D eigenvalue weighted by atomic mass is 10.1. The van der Waals surface area contributed by atoms with Crippen molar-refractivity contribution in [2.45, 2.75) is 27.2 Å². The zero-order valence-electron chi connectivity index (χ0n) is 18.1. The number of aromatic nitrogens is 1. The van der Waals surface area contributed by atoms with E-state index in [0.717, 1.165) is 18.8 Å². The second-order valence-electron chi connectivity index (χ2n) is 7.91. The number of piperazine rings is 1. The number of hydrogen-bond acceptors (Lipinski definition) is 7. The first-order valence-corrected chi connectivity index (χ1v) is 11.2. The molecule has 0 bridgehead atoms. The van der Waals surface area contributed by atoms with Gasteiger partial charge in [-0.25, -0.2) is 9.78 Å². The summed E-state index contributed by atoms with van der Waals surface area (Å²) in [5, 5.41) is 4.81. The van der Waals surface area contributed by atoms with Crippen molar-refractivity contribution < 1.29 is 19.1 Å². The van der Waals surface area contributed by atoms with Crippen molar-refractivity contribution in [1.82, 2.24) is 9.88 Å². The maximum atomic E-state index is 12.7. The van der Waals surface area contributed by atoms with Gasteiger partial charge in [-0.1, -0.05) is 13.8 Å².